The van der Waals surface area contributed by atoms with Gasteiger partial charge in [0.25, 0.3) is 0 Å². The van der Waals surface area contributed by atoms with Crippen LogP contribution in [0, 0.1) is 0 Å². The Bertz CT molecular complexity index is 411. The molecule has 8 heteroatoms. The fraction of sp³-hybridized carbons (Fsp3) is 0.714. The predicted octanol–water partition coefficient (Wildman–Crippen LogP) is -0.269. The van der Waals surface area contributed by atoms with Gasteiger partial charge in [-0.15, -0.1) is 0 Å². The summed E-state index contributed by atoms with van der Waals surface area (Å²) in [5, 5.41) is 14.2. The molecule has 0 aromatic rings. The molecule has 0 aromatic carbocycles. The van der Waals surface area contributed by atoms with E-state index in [0.29, 0.717) is 6.54 Å². The van der Waals surface area contributed by atoms with E-state index >= 15 is 0 Å². The average Bonchev–Trinajstić information content (AvgIpc) is 2.45. The maximum atomic E-state index is 12.1. The molecule has 8 nitrogen and oxygen atoms in total. The van der Waals surface area contributed by atoms with Crippen molar-refractivity contribution >= 4 is 23.7 Å². The van der Waals surface area contributed by atoms with E-state index in [9.17, 15) is 19.2 Å². The van der Waals surface area contributed by atoms with Crippen molar-refractivity contribution in [2.24, 2.45) is 0 Å². The molecule has 0 rings (SSSR count). The second kappa shape index (κ2) is 10.6. The fourth-order valence-electron chi connectivity index (χ4n) is 1.74. The van der Waals surface area contributed by atoms with Gasteiger partial charge in [0.1, 0.15) is 6.04 Å². The smallest absolute Gasteiger partial charge is 0.326 e. The highest BCUT2D eigenvalue weighted by Gasteiger charge is 2.25. The molecule has 0 spiro atoms. The van der Waals surface area contributed by atoms with Gasteiger partial charge < -0.3 is 20.6 Å². The van der Waals surface area contributed by atoms with E-state index in [0.717, 1.165) is 11.3 Å². The molecule has 0 aliphatic heterocycles. The number of carboxylic acids is 1. The van der Waals surface area contributed by atoms with Gasteiger partial charge in [-0.3, -0.25) is 14.4 Å². The predicted molar refractivity (Wildman–Crippen MR) is 80.0 cm³/mol. The van der Waals surface area contributed by atoms with Crippen LogP contribution in [-0.2, 0) is 19.2 Å². The second-order valence-electron chi connectivity index (χ2n) is 4.93. The van der Waals surface area contributed by atoms with E-state index in [-0.39, 0.29) is 37.7 Å². The third-order valence-corrected chi connectivity index (χ3v) is 3.01. The van der Waals surface area contributed by atoms with Crippen LogP contribution in [-0.4, -0.2) is 59.4 Å². The summed E-state index contributed by atoms with van der Waals surface area (Å²) < 4.78 is 0. The summed E-state index contributed by atoms with van der Waals surface area (Å²) in [5.41, 5.74) is 0. The van der Waals surface area contributed by atoms with Crippen molar-refractivity contribution in [2.75, 3.05) is 19.6 Å². The van der Waals surface area contributed by atoms with Gasteiger partial charge in [0.05, 0.1) is 0 Å². The maximum absolute atomic E-state index is 12.1. The number of carbonyl (C=O) groups is 4. The standard InChI is InChI=1S/C14H25N3O5/c1-4-7-16-12(19)5-6-13(20)17(10(2)14(21)22)9-8-15-11(3)18/h10H,4-9H2,1-3H3,(H,15,18)(H,16,19)(H,21,22). The van der Waals surface area contributed by atoms with Crippen molar-refractivity contribution in [3.05, 3.63) is 0 Å². The van der Waals surface area contributed by atoms with Crippen LogP contribution in [0.25, 0.3) is 0 Å². The number of nitrogens with one attached hydrogen (secondary N) is 2. The molecule has 3 N–H and O–H groups in total. The minimum absolute atomic E-state index is 0.0157. The van der Waals surface area contributed by atoms with Crippen molar-refractivity contribution in [2.45, 2.75) is 46.1 Å². The highest BCUT2D eigenvalue weighted by molar-refractivity contribution is 5.86. The number of rotatable bonds is 10. The van der Waals surface area contributed by atoms with Gasteiger partial charge in [0.2, 0.25) is 17.7 Å². The van der Waals surface area contributed by atoms with Crippen molar-refractivity contribution in [3.63, 3.8) is 0 Å². The number of aliphatic carboxylic acids is 1. The van der Waals surface area contributed by atoms with Crippen molar-refractivity contribution < 1.29 is 24.3 Å². The summed E-state index contributed by atoms with van der Waals surface area (Å²) in [6, 6.07) is -1.01. The first-order chi connectivity index (χ1) is 10.3. The van der Waals surface area contributed by atoms with Crippen LogP contribution in [0.4, 0.5) is 0 Å². The van der Waals surface area contributed by atoms with Crippen molar-refractivity contribution in [1.29, 1.82) is 0 Å². The number of nitrogens with zero attached hydrogens (tertiary/aromatic N) is 1. The van der Waals surface area contributed by atoms with Gasteiger partial charge in [-0.2, -0.15) is 0 Å². The van der Waals surface area contributed by atoms with E-state index < -0.39 is 17.9 Å². The van der Waals surface area contributed by atoms with Crippen LogP contribution in [0.1, 0.15) is 40.0 Å². The van der Waals surface area contributed by atoms with Crippen LogP contribution in [0.5, 0.6) is 0 Å². The number of carbonyl (C=O) groups excluding carboxylic acids is 3. The van der Waals surface area contributed by atoms with Crippen LogP contribution >= 0.6 is 0 Å². The Labute approximate surface area is 130 Å². The third-order valence-electron chi connectivity index (χ3n) is 3.01. The molecule has 0 fully saturated rings. The second-order valence-corrected chi connectivity index (χ2v) is 4.93. The lowest BCUT2D eigenvalue weighted by molar-refractivity contribution is -0.149. The Hall–Kier alpha value is -2.12. The zero-order valence-electron chi connectivity index (χ0n) is 13.3. The van der Waals surface area contributed by atoms with Crippen molar-refractivity contribution in [1.82, 2.24) is 15.5 Å². The van der Waals surface area contributed by atoms with Crippen LogP contribution < -0.4 is 10.6 Å². The summed E-state index contributed by atoms with van der Waals surface area (Å²) in [6.07, 6.45) is 0.758. The minimum atomic E-state index is -1.13. The maximum Gasteiger partial charge on any atom is 0.326 e. The highest BCUT2D eigenvalue weighted by atomic mass is 16.4. The largest absolute Gasteiger partial charge is 0.480 e. The average molecular weight is 315 g/mol. The van der Waals surface area contributed by atoms with E-state index in [2.05, 4.69) is 10.6 Å². The van der Waals surface area contributed by atoms with Crippen LogP contribution in [0.2, 0.25) is 0 Å². The van der Waals surface area contributed by atoms with E-state index in [1.165, 1.54) is 13.8 Å². The third kappa shape index (κ3) is 8.23. The molecule has 0 saturated heterocycles. The lowest BCUT2D eigenvalue weighted by Crippen LogP contribution is -2.47. The molecule has 0 aliphatic rings. The molecule has 0 aromatic heterocycles. The van der Waals surface area contributed by atoms with E-state index in [4.69, 9.17) is 5.11 Å². The Balaban J connectivity index is 4.51. The first-order valence-electron chi connectivity index (χ1n) is 7.33. The number of amides is 3. The molecule has 0 saturated carbocycles. The fourth-order valence-corrected chi connectivity index (χ4v) is 1.74. The molecule has 22 heavy (non-hydrogen) atoms. The molecular weight excluding hydrogens is 290 g/mol. The normalized spacial score (nSPS) is 11.4. The van der Waals surface area contributed by atoms with Crippen molar-refractivity contribution in [3.8, 4) is 0 Å². The molecule has 126 valence electrons. The number of hydrogen-bond acceptors (Lipinski definition) is 4. The molecule has 0 aliphatic carbocycles. The molecule has 1 unspecified atom stereocenters. The SMILES string of the molecule is CCCNC(=O)CCC(=O)N(CCNC(C)=O)C(C)C(=O)O. The first-order valence-corrected chi connectivity index (χ1v) is 7.33. The van der Waals surface area contributed by atoms with Gasteiger partial charge in [0.15, 0.2) is 0 Å². The highest BCUT2D eigenvalue weighted by Crippen LogP contribution is 2.04. The zero-order valence-corrected chi connectivity index (χ0v) is 13.3. The molecule has 0 bridgehead atoms. The minimum Gasteiger partial charge on any atom is -0.480 e. The summed E-state index contributed by atoms with van der Waals surface area (Å²) in [5.74, 6) is -2.05. The monoisotopic (exact) mass is 315 g/mol. The molecule has 0 heterocycles. The molecular formula is C14H25N3O5. The van der Waals surface area contributed by atoms with Gasteiger partial charge >= 0.3 is 5.97 Å². The summed E-state index contributed by atoms with van der Waals surface area (Å²) in [7, 11) is 0. The number of hydrogen-bond donors (Lipinski definition) is 3. The molecule has 0 radical (unpaired) electrons. The number of carboxylic acid groups (broad SMARTS) is 1. The Morgan fingerprint density at radius 3 is 2.23 bits per heavy atom. The van der Waals surface area contributed by atoms with E-state index in [1.54, 1.807) is 0 Å². The van der Waals surface area contributed by atoms with Gasteiger partial charge in [0, 0.05) is 39.4 Å². The van der Waals surface area contributed by atoms with Crippen LogP contribution in [0.3, 0.4) is 0 Å². The summed E-state index contributed by atoms with van der Waals surface area (Å²) in [6.45, 7) is 5.45. The summed E-state index contributed by atoms with van der Waals surface area (Å²) in [4.78, 5) is 46.6. The first kappa shape index (κ1) is 19.9. The molecule has 1 atom stereocenters. The van der Waals surface area contributed by atoms with E-state index in [1.807, 2.05) is 6.92 Å². The lowest BCUT2D eigenvalue weighted by Gasteiger charge is -2.26. The lowest BCUT2D eigenvalue weighted by atomic mass is 10.2. The Morgan fingerprint density at radius 2 is 1.73 bits per heavy atom. The van der Waals surface area contributed by atoms with Gasteiger partial charge in [-0.05, 0) is 13.3 Å². The van der Waals surface area contributed by atoms with Crippen LogP contribution in [0.15, 0.2) is 0 Å². The Kier molecular flexibility index (Phi) is 9.56. The molecule has 3 amide bonds. The van der Waals surface area contributed by atoms with Gasteiger partial charge in [-0.1, -0.05) is 6.92 Å². The summed E-state index contributed by atoms with van der Waals surface area (Å²) >= 11 is 0. The topological polar surface area (TPSA) is 116 Å². The Morgan fingerprint density at radius 1 is 1.09 bits per heavy atom. The quantitative estimate of drug-likeness (QED) is 0.513. The van der Waals surface area contributed by atoms with Gasteiger partial charge in [-0.25, -0.2) is 4.79 Å². The zero-order chi connectivity index (χ0) is 17.1.